The molecule has 0 saturated carbocycles. The summed E-state index contributed by atoms with van der Waals surface area (Å²) >= 11 is 0. The summed E-state index contributed by atoms with van der Waals surface area (Å²) in [5.74, 6) is -0.744. The highest BCUT2D eigenvalue weighted by atomic mass is 19.1. The minimum atomic E-state index is -0.373. The predicted octanol–water partition coefficient (Wildman–Crippen LogP) is 4.69. The van der Waals surface area contributed by atoms with E-state index in [1.54, 1.807) is 6.92 Å². The van der Waals surface area contributed by atoms with Gasteiger partial charge in [0.15, 0.2) is 0 Å². The number of nitrogens with one attached hydrogen (secondary N) is 1. The van der Waals surface area contributed by atoms with E-state index >= 15 is 0 Å². The van der Waals surface area contributed by atoms with Crippen molar-refractivity contribution in [3.05, 3.63) is 70.8 Å². The van der Waals surface area contributed by atoms with Gasteiger partial charge < -0.3 is 5.32 Å². The molecule has 0 heterocycles. The third-order valence-electron chi connectivity index (χ3n) is 3.54. The first-order valence-electron chi connectivity index (χ1n) is 6.75. The Labute approximate surface area is 118 Å². The van der Waals surface area contributed by atoms with Crippen LogP contribution in [0.5, 0.6) is 0 Å². The lowest BCUT2D eigenvalue weighted by Crippen LogP contribution is -2.23. The van der Waals surface area contributed by atoms with Crippen LogP contribution in [0.4, 0.5) is 8.78 Å². The summed E-state index contributed by atoms with van der Waals surface area (Å²) in [4.78, 5) is 0. The zero-order valence-electron chi connectivity index (χ0n) is 12.0. The summed E-state index contributed by atoms with van der Waals surface area (Å²) in [6.07, 6.45) is 0. The number of aryl methyl sites for hydroxylation is 1. The van der Waals surface area contributed by atoms with Crippen molar-refractivity contribution < 1.29 is 8.78 Å². The molecule has 1 N–H and O–H groups in total. The van der Waals surface area contributed by atoms with E-state index in [0.717, 1.165) is 5.56 Å². The van der Waals surface area contributed by atoms with Crippen LogP contribution in [0.3, 0.4) is 0 Å². The van der Waals surface area contributed by atoms with Crippen LogP contribution < -0.4 is 5.32 Å². The van der Waals surface area contributed by atoms with Crippen molar-refractivity contribution in [1.82, 2.24) is 5.32 Å². The molecule has 1 nitrogen and oxygen atoms in total. The summed E-state index contributed by atoms with van der Waals surface area (Å²) in [6, 6.07) is 12.2. The summed E-state index contributed by atoms with van der Waals surface area (Å²) < 4.78 is 27.5. The number of rotatable bonds is 4. The molecule has 0 aliphatic heterocycles. The van der Waals surface area contributed by atoms with Crippen LogP contribution in [-0.2, 0) is 0 Å². The molecule has 20 heavy (non-hydrogen) atoms. The Kier molecular flexibility index (Phi) is 4.50. The third-order valence-corrected chi connectivity index (χ3v) is 3.54. The van der Waals surface area contributed by atoms with Crippen LogP contribution in [0.1, 0.15) is 42.6 Å². The molecule has 2 atom stereocenters. The zero-order valence-corrected chi connectivity index (χ0v) is 12.0. The van der Waals surface area contributed by atoms with Gasteiger partial charge in [-0.2, -0.15) is 0 Å². The Morgan fingerprint density at radius 1 is 0.900 bits per heavy atom. The van der Waals surface area contributed by atoms with E-state index in [4.69, 9.17) is 0 Å². The first-order chi connectivity index (χ1) is 9.49. The minimum Gasteiger partial charge on any atom is -0.304 e. The number of hydrogen-bond acceptors (Lipinski definition) is 1. The fourth-order valence-corrected chi connectivity index (χ4v) is 2.30. The molecule has 106 valence electrons. The molecule has 2 aromatic rings. The van der Waals surface area contributed by atoms with Crippen LogP contribution in [-0.4, -0.2) is 0 Å². The first-order valence-corrected chi connectivity index (χ1v) is 6.75. The van der Waals surface area contributed by atoms with Crippen molar-refractivity contribution in [1.29, 1.82) is 0 Å². The molecule has 0 saturated heterocycles. The Morgan fingerprint density at radius 3 is 2.20 bits per heavy atom. The molecule has 0 radical (unpaired) electrons. The van der Waals surface area contributed by atoms with Crippen molar-refractivity contribution in [3.8, 4) is 0 Å². The second kappa shape index (κ2) is 6.14. The quantitative estimate of drug-likeness (QED) is 0.854. The third kappa shape index (κ3) is 3.23. The molecular weight excluding hydrogens is 256 g/mol. The minimum absolute atomic E-state index is 0.0648. The maximum atomic E-state index is 13.9. The lowest BCUT2D eigenvalue weighted by atomic mass is 10.0. The predicted molar refractivity (Wildman–Crippen MR) is 77.5 cm³/mol. The van der Waals surface area contributed by atoms with Gasteiger partial charge in [0.1, 0.15) is 11.6 Å². The fraction of sp³-hybridized carbons (Fsp3) is 0.294. The smallest absolute Gasteiger partial charge is 0.128 e. The molecule has 0 aliphatic rings. The Balaban J connectivity index is 2.16. The highest BCUT2D eigenvalue weighted by Gasteiger charge is 2.16. The van der Waals surface area contributed by atoms with Crippen molar-refractivity contribution in [2.75, 3.05) is 0 Å². The largest absolute Gasteiger partial charge is 0.304 e. The van der Waals surface area contributed by atoms with Gasteiger partial charge in [0.05, 0.1) is 0 Å². The van der Waals surface area contributed by atoms with E-state index in [2.05, 4.69) is 5.32 Å². The van der Waals surface area contributed by atoms with E-state index in [9.17, 15) is 8.78 Å². The maximum Gasteiger partial charge on any atom is 0.128 e. The summed E-state index contributed by atoms with van der Waals surface area (Å²) in [7, 11) is 0. The van der Waals surface area contributed by atoms with Gasteiger partial charge in [-0.3, -0.25) is 0 Å². The van der Waals surface area contributed by atoms with Crippen molar-refractivity contribution in [3.63, 3.8) is 0 Å². The summed E-state index contributed by atoms with van der Waals surface area (Å²) in [6.45, 7) is 5.41. The van der Waals surface area contributed by atoms with E-state index in [0.29, 0.717) is 11.1 Å². The molecule has 3 heteroatoms. The molecule has 1 unspecified atom stereocenters. The van der Waals surface area contributed by atoms with Crippen LogP contribution >= 0.6 is 0 Å². The topological polar surface area (TPSA) is 12.0 Å². The van der Waals surface area contributed by atoms with Crippen molar-refractivity contribution in [2.24, 2.45) is 0 Å². The maximum absolute atomic E-state index is 13.9. The van der Waals surface area contributed by atoms with Gasteiger partial charge in [0.2, 0.25) is 0 Å². The lowest BCUT2D eigenvalue weighted by Gasteiger charge is -2.21. The average Bonchev–Trinajstić information content (AvgIpc) is 2.43. The molecular formula is C17H19F2N. The Morgan fingerprint density at radius 2 is 1.55 bits per heavy atom. The molecule has 0 spiro atoms. The molecule has 0 amide bonds. The van der Waals surface area contributed by atoms with Gasteiger partial charge in [-0.1, -0.05) is 30.3 Å². The molecule has 0 aromatic heterocycles. The van der Waals surface area contributed by atoms with Gasteiger partial charge >= 0.3 is 0 Å². The van der Waals surface area contributed by atoms with E-state index in [1.807, 2.05) is 44.2 Å². The molecule has 2 rings (SSSR count). The normalized spacial score (nSPS) is 14.1. The Bertz CT molecular complexity index is 581. The average molecular weight is 275 g/mol. The molecule has 2 aromatic carbocycles. The monoisotopic (exact) mass is 275 g/mol. The van der Waals surface area contributed by atoms with Gasteiger partial charge in [0, 0.05) is 17.6 Å². The van der Waals surface area contributed by atoms with Crippen LogP contribution in [0.15, 0.2) is 42.5 Å². The van der Waals surface area contributed by atoms with Crippen molar-refractivity contribution in [2.45, 2.75) is 32.9 Å². The summed E-state index contributed by atoms with van der Waals surface area (Å²) in [5, 5.41) is 3.29. The van der Waals surface area contributed by atoms with E-state index in [1.165, 1.54) is 12.1 Å². The Hall–Kier alpha value is -1.74. The lowest BCUT2D eigenvalue weighted by molar-refractivity contribution is 0.469. The number of benzene rings is 2. The number of hydrogen-bond donors (Lipinski definition) is 1. The molecule has 0 aliphatic carbocycles. The highest BCUT2D eigenvalue weighted by Crippen LogP contribution is 2.23. The van der Waals surface area contributed by atoms with Crippen molar-refractivity contribution >= 4 is 0 Å². The van der Waals surface area contributed by atoms with Crippen LogP contribution in [0.2, 0.25) is 0 Å². The standard InChI is InChI=1S/C17H19F2N/c1-11-9-17(19)15(10-16(11)18)13(3)20-12(2)14-7-5-4-6-8-14/h4-10,12-13,20H,1-3H3/t12-,13?/m0/s1. The highest BCUT2D eigenvalue weighted by molar-refractivity contribution is 5.28. The second-order valence-electron chi connectivity index (χ2n) is 5.14. The summed E-state index contributed by atoms with van der Waals surface area (Å²) in [5.41, 5.74) is 1.80. The van der Waals surface area contributed by atoms with Gasteiger partial charge in [-0.15, -0.1) is 0 Å². The van der Waals surface area contributed by atoms with Crippen LogP contribution in [0.25, 0.3) is 0 Å². The van der Waals surface area contributed by atoms with E-state index < -0.39 is 0 Å². The van der Waals surface area contributed by atoms with Gasteiger partial charge in [-0.05, 0) is 44.0 Å². The number of halogens is 2. The SMILES string of the molecule is Cc1cc(F)c(C(C)N[C@@H](C)c2ccccc2)cc1F. The molecule has 0 bridgehead atoms. The van der Waals surface area contributed by atoms with Gasteiger partial charge in [-0.25, -0.2) is 8.78 Å². The zero-order chi connectivity index (χ0) is 14.7. The van der Waals surface area contributed by atoms with E-state index in [-0.39, 0.29) is 23.7 Å². The van der Waals surface area contributed by atoms with Crippen LogP contribution in [0, 0.1) is 18.6 Å². The fourth-order valence-electron chi connectivity index (χ4n) is 2.30. The first kappa shape index (κ1) is 14.7. The molecule has 0 fully saturated rings. The van der Waals surface area contributed by atoms with Gasteiger partial charge in [0.25, 0.3) is 0 Å². The second-order valence-corrected chi connectivity index (χ2v) is 5.14.